The van der Waals surface area contributed by atoms with Crippen LogP contribution in [0.15, 0.2) is 29.6 Å². The van der Waals surface area contributed by atoms with Gasteiger partial charge in [-0.2, -0.15) is 0 Å². The van der Waals surface area contributed by atoms with Gasteiger partial charge >= 0.3 is 0 Å². The second-order valence-corrected chi connectivity index (χ2v) is 6.16. The van der Waals surface area contributed by atoms with Crippen LogP contribution < -0.4 is 11.1 Å². The molecule has 1 heterocycles. The van der Waals surface area contributed by atoms with Crippen molar-refractivity contribution in [3.8, 4) is 10.6 Å². The first kappa shape index (κ1) is 16.6. The Morgan fingerprint density at radius 3 is 2.55 bits per heavy atom. The van der Waals surface area contributed by atoms with Gasteiger partial charge in [0.2, 0.25) is 0 Å². The van der Waals surface area contributed by atoms with E-state index in [1.807, 2.05) is 13.8 Å². The standard InChI is InChI=1S/C16H20FN3OS/c1-3-16(18,4-2)10-19-14(21)13-9-22-15(20-13)11-5-7-12(17)8-6-11/h5-9H,3-4,10,18H2,1-2H3,(H,19,21). The zero-order valence-electron chi connectivity index (χ0n) is 12.7. The molecule has 0 aliphatic carbocycles. The van der Waals surface area contributed by atoms with Crippen molar-refractivity contribution in [3.63, 3.8) is 0 Å². The van der Waals surface area contributed by atoms with E-state index in [2.05, 4.69) is 10.3 Å². The molecular weight excluding hydrogens is 301 g/mol. The van der Waals surface area contributed by atoms with Crippen molar-refractivity contribution in [2.45, 2.75) is 32.2 Å². The number of nitrogens with zero attached hydrogens (tertiary/aromatic N) is 1. The topological polar surface area (TPSA) is 68.0 Å². The average molecular weight is 321 g/mol. The normalized spacial score (nSPS) is 11.5. The molecule has 0 spiro atoms. The Bertz CT molecular complexity index is 635. The van der Waals surface area contributed by atoms with E-state index < -0.39 is 0 Å². The fraction of sp³-hybridized carbons (Fsp3) is 0.375. The molecule has 0 atom stereocenters. The van der Waals surface area contributed by atoms with Gasteiger partial charge in [0.1, 0.15) is 16.5 Å². The number of carbonyl (C=O) groups excluding carboxylic acids is 1. The van der Waals surface area contributed by atoms with Gasteiger partial charge in [0, 0.05) is 23.0 Å². The number of benzene rings is 1. The van der Waals surface area contributed by atoms with Crippen molar-refractivity contribution in [2.75, 3.05) is 6.54 Å². The second kappa shape index (κ2) is 6.98. The summed E-state index contributed by atoms with van der Waals surface area (Å²) in [6.45, 7) is 4.43. The predicted octanol–water partition coefficient (Wildman–Crippen LogP) is 3.20. The zero-order chi connectivity index (χ0) is 16.2. The fourth-order valence-electron chi connectivity index (χ4n) is 1.95. The molecule has 0 aliphatic heterocycles. The smallest absolute Gasteiger partial charge is 0.270 e. The number of aromatic nitrogens is 1. The number of carbonyl (C=O) groups is 1. The van der Waals surface area contributed by atoms with Crippen molar-refractivity contribution in [1.29, 1.82) is 0 Å². The minimum atomic E-state index is -0.383. The van der Waals surface area contributed by atoms with E-state index in [1.165, 1.54) is 23.5 Å². The van der Waals surface area contributed by atoms with Crippen molar-refractivity contribution < 1.29 is 9.18 Å². The number of hydrogen-bond acceptors (Lipinski definition) is 4. The van der Waals surface area contributed by atoms with Crippen LogP contribution in [-0.2, 0) is 0 Å². The third-order valence-electron chi connectivity index (χ3n) is 3.84. The fourth-order valence-corrected chi connectivity index (χ4v) is 2.76. The highest BCUT2D eigenvalue weighted by atomic mass is 32.1. The molecule has 2 aromatic rings. The molecule has 0 radical (unpaired) electrons. The third-order valence-corrected chi connectivity index (χ3v) is 4.73. The largest absolute Gasteiger partial charge is 0.349 e. The highest BCUT2D eigenvalue weighted by Gasteiger charge is 2.22. The van der Waals surface area contributed by atoms with E-state index in [-0.39, 0.29) is 17.3 Å². The van der Waals surface area contributed by atoms with E-state index >= 15 is 0 Å². The van der Waals surface area contributed by atoms with Crippen molar-refractivity contribution in [2.24, 2.45) is 5.73 Å². The number of thiazole rings is 1. The molecule has 0 bridgehead atoms. The van der Waals surface area contributed by atoms with Gasteiger partial charge in [-0.1, -0.05) is 13.8 Å². The molecule has 2 rings (SSSR count). The van der Waals surface area contributed by atoms with Gasteiger partial charge in [-0.3, -0.25) is 4.79 Å². The second-order valence-electron chi connectivity index (χ2n) is 5.30. The highest BCUT2D eigenvalue weighted by molar-refractivity contribution is 7.13. The van der Waals surface area contributed by atoms with E-state index in [0.29, 0.717) is 17.2 Å². The summed E-state index contributed by atoms with van der Waals surface area (Å²) in [5.41, 5.74) is 6.93. The summed E-state index contributed by atoms with van der Waals surface area (Å²) in [7, 11) is 0. The Labute approximate surface area is 133 Å². The lowest BCUT2D eigenvalue weighted by Crippen LogP contribution is -2.49. The van der Waals surface area contributed by atoms with Crippen LogP contribution in [0.4, 0.5) is 4.39 Å². The molecule has 0 saturated heterocycles. The van der Waals surface area contributed by atoms with Gasteiger partial charge < -0.3 is 11.1 Å². The molecule has 1 amide bonds. The number of amides is 1. The number of rotatable bonds is 6. The summed E-state index contributed by atoms with van der Waals surface area (Å²) in [5, 5.41) is 5.22. The quantitative estimate of drug-likeness (QED) is 0.858. The Balaban J connectivity index is 2.05. The highest BCUT2D eigenvalue weighted by Crippen LogP contribution is 2.23. The minimum Gasteiger partial charge on any atom is -0.349 e. The first-order valence-corrected chi connectivity index (χ1v) is 8.14. The van der Waals surface area contributed by atoms with Gasteiger partial charge in [0.05, 0.1) is 0 Å². The van der Waals surface area contributed by atoms with Crippen LogP contribution in [0.5, 0.6) is 0 Å². The van der Waals surface area contributed by atoms with Gasteiger partial charge in [-0.05, 0) is 37.1 Å². The molecule has 3 N–H and O–H groups in total. The van der Waals surface area contributed by atoms with Gasteiger partial charge in [-0.25, -0.2) is 9.37 Å². The van der Waals surface area contributed by atoms with Crippen LogP contribution >= 0.6 is 11.3 Å². The van der Waals surface area contributed by atoms with E-state index in [4.69, 9.17) is 5.73 Å². The summed E-state index contributed by atoms with van der Waals surface area (Å²) in [4.78, 5) is 16.4. The maximum Gasteiger partial charge on any atom is 0.270 e. The molecule has 6 heteroatoms. The molecule has 1 aromatic heterocycles. The SMILES string of the molecule is CCC(N)(CC)CNC(=O)c1csc(-c2ccc(F)cc2)n1. The van der Waals surface area contributed by atoms with Crippen LogP contribution in [0.1, 0.15) is 37.2 Å². The lowest BCUT2D eigenvalue weighted by molar-refractivity contribution is 0.0938. The summed E-state index contributed by atoms with van der Waals surface area (Å²) in [6.07, 6.45) is 1.59. The summed E-state index contributed by atoms with van der Waals surface area (Å²) < 4.78 is 12.9. The average Bonchev–Trinajstić information content (AvgIpc) is 3.03. The summed E-state index contributed by atoms with van der Waals surface area (Å²) in [6, 6.07) is 6.05. The van der Waals surface area contributed by atoms with Crippen LogP contribution in [0, 0.1) is 5.82 Å². The molecule has 0 aliphatic rings. The molecule has 118 valence electrons. The minimum absolute atomic E-state index is 0.235. The van der Waals surface area contributed by atoms with Crippen molar-refractivity contribution in [1.82, 2.24) is 10.3 Å². The van der Waals surface area contributed by atoms with Gasteiger partial charge in [0.15, 0.2) is 0 Å². The Morgan fingerprint density at radius 1 is 1.32 bits per heavy atom. The Morgan fingerprint density at radius 2 is 1.95 bits per heavy atom. The van der Waals surface area contributed by atoms with Crippen molar-refractivity contribution in [3.05, 3.63) is 41.2 Å². The number of halogens is 1. The van der Waals surface area contributed by atoms with Crippen molar-refractivity contribution >= 4 is 17.2 Å². The molecular formula is C16H20FN3OS. The van der Waals surface area contributed by atoms with Crippen LogP contribution in [0.3, 0.4) is 0 Å². The summed E-state index contributed by atoms with van der Waals surface area (Å²) in [5.74, 6) is -0.530. The Kier molecular flexibility index (Phi) is 5.26. The predicted molar refractivity (Wildman–Crippen MR) is 87.3 cm³/mol. The van der Waals surface area contributed by atoms with Gasteiger partial charge in [0.25, 0.3) is 5.91 Å². The van der Waals surface area contributed by atoms with E-state index in [0.717, 1.165) is 18.4 Å². The van der Waals surface area contributed by atoms with Crippen LogP contribution in [0.25, 0.3) is 10.6 Å². The first-order chi connectivity index (χ1) is 10.5. The maximum atomic E-state index is 12.9. The maximum absolute atomic E-state index is 12.9. The molecule has 0 saturated carbocycles. The van der Waals surface area contributed by atoms with Crippen LogP contribution in [-0.4, -0.2) is 23.0 Å². The number of nitrogens with two attached hydrogens (primary N) is 1. The molecule has 0 fully saturated rings. The number of hydrogen-bond donors (Lipinski definition) is 2. The first-order valence-electron chi connectivity index (χ1n) is 7.26. The zero-order valence-corrected chi connectivity index (χ0v) is 13.5. The lowest BCUT2D eigenvalue weighted by Gasteiger charge is -2.26. The number of nitrogens with one attached hydrogen (secondary N) is 1. The monoisotopic (exact) mass is 321 g/mol. The molecule has 1 aromatic carbocycles. The van der Waals surface area contributed by atoms with E-state index in [9.17, 15) is 9.18 Å². The molecule has 22 heavy (non-hydrogen) atoms. The van der Waals surface area contributed by atoms with E-state index in [1.54, 1.807) is 17.5 Å². The lowest BCUT2D eigenvalue weighted by atomic mass is 9.94. The van der Waals surface area contributed by atoms with Crippen LogP contribution in [0.2, 0.25) is 0 Å². The third kappa shape index (κ3) is 3.90. The molecule has 0 unspecified atom stereocenters. The molecule has 4 nitrogen and oxygen atoms in total. The van der Waals surface area contributed by atoms with Gasteiger partial charge in [-0.15, -0.1) is 11.3 Å². The Hall–Kier alpha value is -1.79. The summed E-state index contributed by atoms with van der Waals surface area (Å²) >= 11 is 1.36.